The molecule has 0 unspecified atom stereocenters. The maximum Gasteiger partial charge on any atom is 0.239 e. The number of carbonyl (C=O) groups is 1. The Hall–Kier alpha value is -3.03. The van der Waals surface area contributed by atoms with Crippen molar-refractivity contribution >= 4 is 11.7 Å². The maximum absolute atomic E-state index is 14.2. The fourth-order valence-corrected chi connectivity index (χ4v) is 3.42. The molecule has 1 amide bonds. The molecule has 2 aromatic carbocycles. The third kappa shape index (κ3) is 6.73. The van der Waals surface area contributed by atoms with Gasteiger partial charge in [0.05, 0.1) is 18.8 Å². The molecule has 0 spiro atoms. The normalized spacial score (nSPS) is 11.1. The monoisotopic (exact) mass is 424 g/mol. The molecule has 0 radical (unpaired) electrons. The Bertz CT molecular complexity index is 975. The molecule has 0 aliphatic rings. The number of nitrogens with zero attached hydrogens (tertiary/aromatic N) is 3. The van der Waals surface area contributed by atoms with Crippen LogP contribution in [0.4, 0.5) is 10.2 Å². The first kappa shape index (κ1) is 22.7. The Balaban J connectivity index is 1.62. The number of ether oxygens (including phenoxy) is 1. The summed E-state index contributed by atoms with van der Waals surface area (Å²) in [5, 5.41) is 7.22. The van der Waals surface area contributed by atoms with E-state index >= 15 is 0 Å². The number of aromatic nitrogens is 2. The van der Waals surface area contributed by atoms with Gasteiger partial charge in [0.2, 0.25) is 5.91 Å². The average molecular weight is 425 g/mol. The van der Waals surface area contributed by atoms with Crippen molar-refractivity contribution in [3.63, 3.8) is 0 Å². The van der Waals surface area contributed by atoms with Crippen LogP contribution < -0.4 is 5.32 Å². The highest BCUT2D eigenvalue weighted by atomic mass is 19.1. The minimum absolute atomic E-state index is 0.173. The predicted octanol–water partition coefficient (Wildman–Crippen LogP) is 3.84. The van der Waals surface area contributed by atoms with E-state index in [4.69, 9.17) is 4.74 Å². The predicted molar refractivity (Wildman–Crippen MR) is 120 cm³/mol. The van der Waals surface area contributed by atoms with Crippen molar-refractivity contribution < 1.29 is 13.9 Å². The van der Waals surface area contributed by atoms with Crippen LogP contribution in [0.15, 0.2) is 60.7 Å². The van der Waals surface area contributed by atoms with Crippen molar-refractivity contribution in [3.8, 4) is 5.69 Å². The third-order valence-electron chi connectivity index (χ3n) is 4.94. The number of para-hydroxylation sites is 1. The summed E-state index contributed by atoms with van der Waals surface area (Å²) >= 11 is 0. The van der Waals surface area contributed by atoms with Crippen molar-refractivity contribution in [2.75, 3.05) is 38.7 Å². The van der Waals surface area contributed by atoms with Crippen molar-refractivity contribution in [1.82, 2.24) is 14.7 Å². The van der Waals surface area contributed by atoms with Crippen LogP contribution in [0.2, 0.25) is 0 Å². The van der Waals surface area contributed by atoms with Gasteiger partial charge in [0.1, 0.15) is 17.3 Å². The molecule has 0 fully saturated rings. The lowest BCUT2D eigenvalue weighted by molar-refractivity contribution is -0.117. The van der Waals surface area contributed by atoms with E-state index in [0.29, 0.717) is 30.4 Å². The number of nitrogens with one attached hydrogen (secondary N) is 1. The molecule has 1 aromatic heterocycles. The number of aryl methyl sites for hydroxylation is 2. The van der Waals surface area contributed by atoms with Crippen LogP contribution in [0.25, 0.3) is 5.69 Å². The first-order valence-electron chi connectivity index (χ1n) is 10.4. The van der Waals surface area contributed by atoms with Gasteiger partial charge in [-0.15, -0.1) is 0 Å². The highest BCUT2D eigenvalue weighted by molar-refractivity contribution is 5.91. The van der Waals surface area contributed by atoms with Gasteiger partial charge in [-0.3, -0.25) is 9.69 Å². The zero-order chi connectivity index (χ0) is 22.1. The Kier molecular flexibility index (Phi) is 8.32. The average Bonchev–Trinajstić information content (AvgIpc) is 3.12. The first-order chi connectivity index (χ1) is 15.1. The quantitative estimate of drug-likeness (QED) is 0.508. The standard InChI is InChI=1S/C24H29FN4O2/c1-19-17-23(29(27-19)22-13-7-6-12-21(22)25)26-24(30)18-28(15-16-31-2)14-8-11-20-9-4-3-5-10-20/h3-7,9-10,12-13,17H,8,11,14-16,18H2,1-2H3,(H,26,30). The second-order valence-electron chi connectivity index (χ2n) is 7.44. The lowest BCUT2D eigenvalue weighted by atomic mass is 10.1. The zero-order valence-electron chi connectivity index (χ0n) is 18.1. The zero-order valence-corrected chi connectivity index (χ0v) is 18.1. The molecular weight excluding hydrogens is 395 g/mol. The number of amides is 1. The van der Waals surface area contributed by atoms with Gasteiger partial charge in [-0.2, -0.15) is 5.10 Å². The summed E-state index contributed by atoms with van der Waals surface area (Å²) in [5.41, 5.74) is 2.27. The lowest BCUT2D eigenvalue weighted by Crippen LogP contribution is -2.36. The van der Waals surface area contributed by atoms with Crippen molar-refractivity contribution in [2.24, 2.45) is 0 Å². The number of hydrogen-bond acceptors (Lipinski definition) is 4. The van der Waals surface area contributed by atoms with E-state index in [9.17, 15) is 9.18 Å². The largest absolute Gasteiger partial charge is 0.383 e. The van der Waals surface area contributed by atoms with Crippen LogP contribution in [-0.2, 0) is 16.0 Å². The Morgan fingerprint density at radius 3 is 2.61 bits per heavy atom. The van der Waals surface area contributed by atoms with E-state index in [2.05, 4.69) is 27.4 Å². The van der Waals surface area contributed by atoms with Gasteiger partial charge in [0.25, 0.3) is 0 Å². The maximum atomic E-state index is 14.2. The molecule has 1 heterocycles. The molecule has 7 heteroatoms. The van der Waals surface area contributed by atoms with Crippen molar-refractivity contribution in [3.05, 3.63) is 77.7 Å². The minimum Gasteiger partial charge on any atom is -0.383 e. The van der Waals surface area contributed by atoms with E-state index in [1.165, 1.54) is 16.3 Å². The lowest BCUT2D eigenvalue weighted by Gasteiger charge is -2.21. The molecule has 31 heavy (non-hydrogen) atoms. The number of carbonyl (C=O) groups excluding carboxylic acids is 1. The van der Waals surface area contributed by atoms with E-state index in [0.717, 1.165) is 19.4 Å². The molecule has 0 aliphatic heterocycles. The van der Waals surface area contributed by atoms with Crippen LogP contribution in [0.1, 0.15) is 17.7 Å². The topological polar surface area (TPSA) is 59.4 Å². The highest BCUT2D eigenvalue weighted by Gasteiger charge is 2.16. The molecule has 6 nitrogen and oxygen atoms in total. The second-order valence-corrected chi connectivity index (χ2v) is 7.44. The summed E-state index contributed by atoms with van der Waals surface area (Å²) < 4.78 is 20.9. The van der Waals surface area contributed by atoms with Gasteiger partial charge in [-0.05, 0) is 44.0 Å². The summed E-state index contributed by atoms with van der Waals surface area (Å²) in [6, 6.07) is 18.4. The summed E-state index contributed by atoms with van der Waals surface area (Å²) in [4.78, 5) is 14.8. The fraction of sp³-hybridized carbons (Fsp3) is 0.333. The number of halogens is 1. The summed E-state index contributed by atoms with van der Waals surface area (Å²) in [7, 11) is 1.65. The third-order valence-corrected chi connectivity index (χ3v) is 4.94. The molecule has 0 saturated heterocycles. The summed E-state index contributed by atoms with van der Waals surface area (Å²) in [5.74, 6) is -0.124. The van der Waals surface area contributed by atoms with Gasteiger partial charge in [-0.1, -0.05) is 42.5 Å². The molecule has 3 aromatic rings. The number of benzene rings is 2. The number of hydrogen-bond donors (Lipinski definition) is 1. The molecule has 1 N–H and O–H groups in total. The molecule has 3 rings (SSSR count). The van der Waals surface area contributed by atoms with Crippen molar-refractivity contribution in [2.45, 2.75) is 19.8 Å². The van der Waals surface area contributed by atoms with Crippen molar-refractivity contribution in [1.29, 1.82) is 0 Å². The number of methoxy groups -OCH3 is 1. The SMILES string of the molecule is COCCN(CCCc1ccccc1)CC(=O)Nc1cc(C)nn1-c1ccccc1F. The summed E-state index contributed by atoms with van der Waals surface area (Å²) in [6.45, 7) is 4.01. The first-order valence-corrected chi connectivity index (χ1v) is 10.4. The van der Waals surface area contributed by atoms with Gasteiger partial charge in [0.15, 0.2) is 0 Å². The van der Waals surface area contributed by atoms with Crippen LogP contribution >= 0.6 is 0 Å². The second kappa shape index (κ2) is 11.4. The smallest absolute Gasteiger partial charge is 0.239 e. The molecule has 0 saturated carbocycles. The molecular formula is C24H29FN4O2. The van der Waals surface area contributed by atoms with E-state index in [1.54, 1.807) is 31.4 Å². The van der Waals surface area contributed by atoms with Crippen LogP contribution in [0.5, 0.6) is 0 Å². The van der Waals surface area contributed by atoms with Crippen LogP contribution in [0, 0.1) is 12.7 Å². The molecule has 0 aliphatic carbocycles. The fourth-order valence-electron chi connectivity index (χ4n) is 3.42. The Labute approximate surface area is 182 Å². The molecule has 0 atom stereocenters. The number of rotatable bonds is 11. The van der Waals surface area contributed by atoms with Crippen LogP contribution in [-0.4, -0.2) is 53.9 Å². The van der Waals surface area contributed by atoms with Gasteiger partial charge < -0.3 is 10.1 Å². The van der Waals surface area contributed by atoms with Gasteiger partial charge in [-0.25, -0.2) is 9.07 Å². The number of anilines is 1. The summed E-state index contributed by atoms with van der Waals surface area (Å²) in [6.07, 6.45) is 1.89. The Morgan fingerprint density at radius 2 is 1.87 bits per heavy atom. The van der Waals surface area contributed by atoms with E-state index in [1.807, 2.05) is 25.1 Å². The molecule has 164 valence electrons. The Morgan fingerprint density at radius 1 is 1.13 bits per heavy atom. The highest BCUT2D eigenvalue weighted by Crippen LogP contribution is 2.19. The van der Waals surface area contributed by atoms with Gasteiger partial charge >= 0.3 is 0 Å². The van der Waals surface area contributed by atoms with E-state index < -0.39 is 5.82 Å². The minimum atomic E-state index is -0.399. The van der Waals surface area contributed by atoms with Crippen LogP contribution in [0.3, 0.4) is 0 Å². The molecule has 0 bridgehead atoms. The van der Waals surface area contributed by atoms with E-state index in [-0.39, 0.29) is 12.5 Å². The van der Waals surface area contributed by atoms with Gasteiger partial charge in [0, 0.05) is 19.7 Å².